The quantitative estimate of drug-likeness (QED) is 0.179. The molecule has 3 aliphatic rings. The summed E-state index contributed by atoms with van der Waals surface area (Å²) in [6, 6.07) is 73.8. The van der Waals surface area contributed by atoms with Gasteiger partial charge in [0.25, 0.3) is 0 Å². The van der Waals surface area contributed by atoms with Crippen molar-refractivity contribution in [1.29, 1.82) is 0 Å². The summed E-state index contributed by atoms with van der Waals surface area (Å²) in [5.74, 6) is 2.76. The highest BCUT2D eigenvalue weighted by Crippen LogP contribution is 2.65. The Bertz CT molecular complexity index is 3300. The van der Waals surface area contributed by atoms with Crippen LogP contribution in [0.1, 0.15) is 22.3 Å². The third kappa shape index (κ3) is 4.37. The molecule has 4 nitrogen and oxygen atoms in total. The highest BCUT2D eigenvalue weighted by molar-refractivity contribution is 6.11. The van der Waals surface area contributed by atoms with Gasteiger partial charge in [0.15, 0.2) is 23.0 Å². The van der Waals surface area contributed by atoms with Crippen LogP contribution < -0.4 is 14.4 Å². The maximum Gasteiger partial charge on any atom is 0.194 e. The van der Waals surface area contributed by atoms with Crippen molar-refractivity contribution in [1.82, 2.24) is 4.57 Å². The fourth-order valence-corrected chi connectivity index (χ4v) is 10.3. The lowest BCUT2D eigenvalue weighted by Gasteiger charge is -2.32. The largest absolute Gasteiger partial charge is 0.449 e. The topological polar surface area (TPSA) is 26.6 Å². The lowest BCUT2D eigenvalue weighted by Crippen LogP contribution is -2.25. The van der Waals surface area contributed by atoms with Gasteiger partial charge in [-0.05, 0) is 117 Å². The van der Waals surface area contributed by atoms with Crippen LogP contribution in [0.25, 0.3) is 49.7 Å². The van der Waals surface area contributed by atoms with Crippen LogP contribution in [0, 0.1) is 0 Å². The highest BCUT2D eigenvalue weighted by atomic mass is 16.6. The first-order chi connectivity index (χ1) is 29.3. The summed E-state index contributed by atoms with van der Waals surface area (Å²) in [7, 11) is 0. The second-order valence-corrected chi connectivity index (χ2v) is 15.6. The molecule has 0 N–H and O–H groups in total. The zero-order chi connectivity index (χ0) is 38.7. The number of aromatic nitrogens is 1. The van der Waals surface area contributed by atoms with Crippen molar-refractivity contribution in [2.45, 2.75) is 5.41 Å². The van der Waals surface area contributed by atoms with Crippen molar-refractivity contribution in [3.05, 3.63) is 229 Å². The fraction of sp³-hybridized carbons (Fsp3) is 0.0182. The predicted octanol–water partition coefficient (Wildman–Crippen LogP) is 14.5. The molecule has 1 aliphatic heterocycles. The number of rotatable bonds is 4. The smallest absolute Gasteiger partial charge is 0.194 e. The monoisotopic (exact) mass is 754 g/mol. The van der Waals surface area contributed by atoms with Crippen LogP contribution in [0.5, 0.6) is 23.0 Å². The molecule has 0 atom stereocenters. The van der Waals surface area contributed by atoms with Gasteiger partial charge in [-0.2, -0.15) is 0 Å². The second kappa shape index (κ2) is 12.1. The van der Waals surface area contributed by atoms with E-state index in [9.17, 15) is 0 Å². The van der Waals surface area contributed by atoms with E-state index < -0.39 is 5.41 Å². The van der Waals surface area contributed by atoms with Gasteiger partial charge in [0, 0.05) is 27.8 Å². The Morgan fingerprint density at radius 2 is 0.966 bits per heavy atom. The third-order valence-corrected chi connectivity index (χ3v) is 12.6. The van der Waals surface area contributed by atoms with Crippen molar-refractivity contribution in [2.75, 3.05) is 4.90 Å². The van der Waals surface area contributed by atoms with E-state index in [1.165, 1.54) is 55.2 Å². The normalized spacial score (nSPS) is 13.5. The lowest BCUT2D eigenvalue weighted by atomic mass is 9.70. The summed E-state index contributed by atoms with van der Waals surface area (Å²) in [5.41, 5.74) is 15.9. The molecule has 0 unspecified atom stereocenters. The SMILES string of the molecule is c1ccc(N(c2ccc3c(c2)c2ccccc2n3-c2ccccc2)c2cccc3c2Oc2cc4c(cc2O3)C2(c3ccccc3-c3ccccc32)c2ccccc2-4)cc1. The molecule has 9 aromatic carbocycles. The van der Waals surface area contributed by atoms with Crippen molar-refractivity contribution in [2.24, 2.45) is 0 Å². The second-order valence-electron chi connectivity index (χ2n) is 15.6. The van der Waals surface area contributed by atoms with Crippen molar-refractivity contribution in [3.63, 3.8) is 0 Å². The van der Waals surface area contributed by atoms with Crippen LogP contribution in [-0.2, 0) is 5.41 Å². The van der Waals surface area contributed by atoms with E-state index in [4.69, 9.17) is 9.47 Å². The number of benzene rings is 9. The molecule has 59 heavy (non-hydrogen) atoms. The fourth-order valence-electron chi connectivity index (χ4n) is 10.3. The maximum absolute atomic E-state index is 7.11. The van der Waals surface area contributed by atoms with Gasteiger partial charge in [0.1, 0.15) is 0 Å². The Labute approximate surface area is 341 Å². The lowest BCUT2D eigenvalue weighted by molar-refractivity contribution is 0.360. The van der Waals surface area contributed by atoms with Gasteiger partial charge in [0.05, 0.1) is 22.1 Å². The Kier molecular flexibility index (Phi) is 6.62. The standard InChI is InChI=1S/C55H34N2O2/c1-3-16-35(17-4-1)56(37-30-31-49-43(32-37)41-23-10-14-27-48(41)57(49)36-18-5-2-6-19-36)50-28-15-29-51-54(50)59-52-33-42-40-22-9-13-26-46(40)55(47(42)34-53(52)58-51)44-24-11-7-20-38(44)39-21-8-12-25-45(39)55/h1-34H. The van der Waals surface area contributed by atoms with Crippen LogP contribution in [-0.4, -0.2) is 4.57 Å². The summed E-state index contributed by atoms with van der Waals surface area (Å²) in [6.45, 7) is 0. The van der Waals surface area contributed by atoms with Gasteiger partial charge >= 0.3 is 0 Å². The molecule has 4 heteroatoms. The maximum atomic E-state index is 7.11. The highest BCUT2D eigenvalue weighted by Gasteiger charge is 2.52. The van der Waals surface area contributed by atoms with Crippen molar-refractivity contribution >= 4 is 38.9 Å². The van der Waals surface area contributed by atoms with Crippen LogP contribution in [0.3, 0.4) is 0 Å². The summed E-state index contributed by atoms with van der Waals surface area (Å²) in [6.07, 6.45) is 0. The summed E-state index contributed by atoms with van der Waals surface area (Å²) in [4.78, 5) is 2.28. The Balaban J connectivity index is 0.985. The molecule has 0 bridgehead atoms. The van der Waals surface area contributed by atoms with Crippen LogP contribution in [0.4, 0.5) is 17.1 Å². The number of fused-ring (bicyclic) bond motifs is 15. The van der Waals surface area contributed by atoms with E-state index >= 15 is 0 Å². The summed E-state index contributed by atoms with van der Waals surface area (Å²) < 4.78 is 16.4. The molecule has 0 amide bonds. The van der Waals surface area contributed by atoms with E-state index in [1.807, 2.05) is 6.07 Å². The molecular formula is C55H34N2O2. The molecule has 0 saturated carbocycles. The molecule has 13 rings (SSSR count). The van der Waals surface area contributed by atoms with Crippen LogP contribution in [0.2, 0.25) is 0 Å². The molecule has 0 saturated heterocycles. The number of para-hydroxylation sites is 4. The van der Waals surface area contributed by atoms with Gasteiger partial charge in [-0.15, -0.1) is 0 Å². The molecule has 1 spiro atoms. The molecule has 2 heterocycles. The predicted molar refractivity (Wildman–Crippen MR) is 238 cm³/mol. The minimum absolute atomic E-state index is 0.466. The number of nitrogens with zero attached hydrogens (tertiary/aromatic N) is 2. The minimum atomic E-state index is -0.466. The zero-order valence-electron chi connectivity index (χ0n) is 31.8. The van der Waals surface area contributed by atoms with E-state index in [2.05, 4.69) is 210 Å². The minimum Gasteiger partial charge on any atom is -0.449 e. The van der Waals surface area contributed by atoms with E-state index in [0.717, 1.165) is 33.8 Å². The van der Waals surface area contributed by atoms with E-state index in [0.29, 0.717) is 23.0 Å². The van der Waals surface area contributed by atoms with Crippen LogP contribution in [0.15, 0.2) is 206 Å². The number of hydrogen-bond donors (Lipinski definition) is 0. The number of anilines is 3. The molecule has 276 valence electrons. The van der Waals surface area contributed by atoms with Crippen molar-refractivity contribution in [3.8, 4) is 50.9 Å². The third-order valence-electron chi connectivity index (χ3n) is 12.6. The van der Waals surface area contributed by atoms with Crippen molar-refractivity contribution < 1.29 is 9.47 Å². The summed E-state index contributed by atoms with van der Waals surface area (Å²) in [5, 5.41) is 2.37. The van der Waals surface area contributed by atoms with Gasteiger partial charge in [-0.3, -0.25) is 0 Å². The van der Waals surface area contributed by atoms with E-state index in [1.54, 1.807) is 0 Å². The van der Waals surface area contributed by atoms with Gasteiger partial charge < -0.3 is 18.9 Å². The zero-order valence-corrected chi connectivity index (χ0v) is 31.8. The first-order valence-corrected chi connectivity index (χ1v) is 20.2. The summed E-state index contributed by atoms with van der Waals surface area (Å²) >= 11 is 0. The van der Waals surface area contributed by atoms with Gasteiger partial charge in [-0.1, -0.05) is 133 Å². The molecular weight excluding hydrogens is 721 g/mol. The number of ether oxygens (including phenoxy) is 2. The van der Waals surface area contributed by atoms with Crippen LogP contribution >= 0.6 is 0 Å². The molecule has 0 fully saturated rings. The molecule has 0 radical (unpaired) electrons. The Morgan fingerprint density at radius 1 is 0.373 bits per heavy atom. The number of hydrogen-bond acceptors (Lipinski definition) is 3. The first-order valence-electron chi connectivity index (χ1n) is 20.2. The van der Waals surface area contributed by atoms with Gasteiger partial charge in [0.2, 0.25) is 0 Å². The average molecular weight is 755 g/mol. The Morgan fingerprint density at radius 3 is 1.69 bits per heavy atom. The molecule has 2 aliphatic carbocycles. The first kappa shape index (κ1) is 32.3. The average Bonchev–Trinajstić information content (AvgIpc) is 3.90. The molecule has 1 aromatic heterocycles. The Hall–Kier alpha value is -7.82. The molecule has 10 aromatic rings. The van der Waals surface area contributed by atoms with Gasteiger partial charge in [-0.25, -0.2) is 0 Å². The van der Waals surface area contributed by atoms with E-state index in [-0.39, 0.29) is 0 Å².